The molecule has 0 aliphatic carbocycles. The third-order valence-corrected chi connectivity index (χ3v) is 2.00. The molecule has 0 fully saturated rings. The Morgan fingerprint density at radius 2 is 1.94 bits per heavy atom. The summed E-state index contributed by atoms with van der Waals surface area (Å²) >= 11 is 0. The Hall–Kier alpha value is -2.36. The summed E-state index contributed by atoms with van der Waals surface area (Å²) in [6, 6.07) is 6.60. The van der Waals surface area contributed by atoms with Crippen LogP contribution < -0.4 is 11.1 Å². The second-order valence-corrected chi connectivity index (χ2v) is 3.28. The summed E-state index contributed by atoms with van der Waals surface area (Å²) in [5.41, 5.74) is 5.90. The molecule has 17 heavy (non-hydrogen) atoms. The lowest BCUT2D eigenvalue weighted by Gasteiger charge is -2.06. The number of rotatable bonds is 4. The summed E-state index contributed by atoms with van der Waals surface area (Å²) in [5.74, 6) is -0.880. The Labute approximate surface area is 99.8 Å². The predicted molar refractivity (Wildman–Crippen MR) is 67.5 cm³/mol. The number of carbonyl (C=O) groups is 2. The van der Waals surface area contributed by atoms with Gasteiger partial charge in [-0.15, -0.1) is 0 Å². The van der Waals surface area contributed by atoms with E-state index in [-0.39, 0.29) is 5.91 Å². The van der Waals surface area contributed by atoms with Crippen molar-refractivity contribution in [2.75, 3.05) is 5.32 Å². The highest BCUT2D eigenvalue weighted by atomic mass is 16.2. The first-order valence-corrected chi connectivity index (χ1v) is 5.14. The summed E-state index contributed by atoms with van der Waals surface area (Å²) in [7, 11) is 0. The smallest absolute Gasteiger partial charge is 0.250 e. The van der Waals surface area contributed by atoms with Gasteiger partial charge in [0.15, 0.2) is 0 Å². The number of carbonyl (C=O) groups excluding carboxylic acids is 2. The minimum Gasteiger partial charge on any atom is -0.366 e. The third kappa shape index (κ3) is 3.95. The van der Waals surface area contributed by atoms with Crippen molar-refractivity contribution in [2.45, 2.75) is 6.92 Å². The van der Waals surface area contributed by atoms with Gasteiger partial charge >= 0.3 is 0 Å². The van der Waals surface area contributed by atoms with Gasteiger partial charge in [-0.05, 0) is 19.1 Å². The lowest BCUT2D eigenvalue weighted by Crippen LogP contribution is -2.16. The van der Waals surface area contributed by atoms with Crippen LogP contribution >= 0.6 is 0 Å². The van der Waals surface area contributed by atoms with Crippen LogP contribution in [0.25, 0.3) is 0 Å². The second-order valence-electron chi connectivity index (χ2n) is 3.28. The molecule has 1 aromatic rings. The zero-order valence-corrected chi connectivity index (χ0v) is 9.51. The van der Waals surface area contributed by atoms with Gasteiger partial charge in [-0.3, -0.25) is 9.59 Å². The SMILES string of the molecule is C/C=C/C=C/C(=O)Nc1ccccc1C(N)=O. The van der Waals surface area contributed by atoms with Crippen LogP contribution in [0, 0.1) is 0 Å². The molecular weight excluding hydrogens is 216 g/mol. The maximum atomic E-state index is 11.5. The Morgan fingerprint density at radius 1 is 1.24 bits per heavy atom. The van der Waals surface area contributed by atoms with Crippen LogP contribution in [0.15, 0.2) is 48.6 Å². The predicted octanol–water partition coefficient (Wildman–Crippen LogP) is 1.86. The summed E-state index contributed by atoms with van der Waals surface area (Å²) < 4.78 is 0. The van der Waals surface area contributed by atoms with Gasteiger partial charge in [0, 0.05) is 6.08 Å². The number of allylic oxidation sites excluding steroid dienone is 3. The Bertz CT molecular complexity index is 476. The Kier molecular flexibility index (Phi) is 4.69. The normalized spacial score (nSPS) is 10.9. The number of nitrogens with one attached hydrogen (secondary N) is 1. The molecule has 0 unspecified atom stereocenters. The van der Waals surface area contributed by atoms with Crippen LogP contribution in [0.1, 0.15) is 17.3 Å². The van der Waals surface area contributed by atoms with Crippen LogP contribution in [-0.2, 0) is 4.79 Å². The third-order valence-electron chi connectivity index (χ3n) is 2.00. The van der Waals surface area contributed by atoms with E-state index >= 15 is 0 Å². The van der Waals surface area contributed by atoms with Gasteiger partial charge in [0.25, 0.3) is 5.91 Å². The monoisotopic (exact) mass is 230 g/mol. The van der Waals surface area contributed by atoms with Crippen molar-refractivity contribution < 1.29 is 9.59 Å². The highest BCUT2D eigenvalue weighted by Crippen LogP contribution is 2.13. The number of hydrogen-bond acceptors (Lipinski definition) is 2. The van der Waals surface area contributed by atoms with E-state index in [1.807, 2.05) is 6.92 Å². The van der Waals surface area contributed by atoms with E-state index in [4.69, 9.17) is 5.73 Å². The molecule has 0 atom stereocenters. The average molecular weight is 230 g/mol. The minimum absolute atomic E-state index is 0.292. The molecule has 1 rings (SSSR count). The van der Waals surface area contributed by atoms with Crippen molar-refractivity contribution in [3.8, 4) is 0 Å². The van der Waals surface area contributed by atoms with Gasteiger partial charge in [-0.2, -0.15) is 0 Å². The summed E-state index contributed by atoms with van der Waals surface area (Å²) in [4.78, 5) is 22.6. The molecule has 4 heteroatoms. The van der Waals surface area contributed by atoms with Crippen LogP contribution in [0.5, 0.6) is 0 Å². The number of benzene rings is 1. The van der Waals surface area contributed by atoms with E-state index < -0.39 is 5.91 Å². The first-order valence-electron chi connectivity index (χ1n) is 5.14. The molecule has 3 N–H and O–H groups in total. The van der Waals surface area contributed by atoms with Crippen molar-refractivity contribution in [1.82, 2.24) is 0 Å². The largest absolute Gasteiger partial charge is 0.366 e. The van der Waals surface area contributed by atoms with Gasteiger partial charge in [-0.25, -0.2) is 0 Å². The number of anilines is 1. The molecule has 0 heterocycles. The maximum Gasteiger partial charge on any atom is 0.250 e. The van der Waals surface area contributed by atoms with Crippen LogP contribution in [0.4, 0.5) is 5.69 Å². The molecule has 4 nitrogen and oxygen atoms in total. The number of nitrogens with two attached hydrogens (primary N) is 1. The van der Waals surface area contributed by atoms with Gasteiger partial charge in [0.05, 0.1) is 11.3 Å². The summed E-state index contributed by atoms with van der Waals surface area (Å²) in [5, 5.41) is 2.59. The van der Waals surface area contributed by atoms with E-state index in [9.17, 15) is 9.59 Å². The van der Waals surface area contributed by atoms with Crippen molar-refractivity contribution in [2.24, 2.45) is 5.73 Å². The lowest BCUT2D eigenvalue weighted by molar-refractivity contribution is -0.111. The maximum absolute atomic E-state index is 11.5. The van der Waals surface area contributed by atoms with Crippen LogP contribution in [0.2, 0.25) is 0 Å². The van der Waals surface area contributed by atoms with Gasteiger partial charge in [0.1, 0.15) is 0 Å². The van der Waals surface area contributed by atoms with Crippen LogP contribution in [0.3, 0.4) is 0 Å². The van der Waals surface area contributed by atoms with Crippen LogP contribution in [-0.4, -0.2) is 11.8 Å². The van der Waals surface area contributed by atoms with Crippen molar-refractivity contribution in [3.63, 3.8) is 0 Å². The molecule has 0 aliphatic rings. The highest BCUT2D eigenvalue weighted by molar-refractivity contribution is 6.06. The molecule has 88 valence electrons. The number of primary amides is 1. The molecule has 1 aromatic carbocycles. The second kappa shape index (κ2) is 6.27. The van der Waals surface area contributed by atoms with Crippen molar-refractivity contribution in [3.05, 3.63) is 54.1 Å². The molecule has 0 aromatic heterocycles. The van der Waals surface area contributed by atoms with E-state index in [1.54, 1.807) is 42.5 Å². The molecule has 0 saturated carbocycles. The first kappa shape index (κ1) is 12.7. The molecular formula is C13H14N2O2. The molecule has 0 saturated heterocycles. The zero-order valence-electron chi connectivity index (χ0n) is 9.51. The van der Waals surface area contributed by atoms with Crippen molar-refractivity contribution >= 4 is 17.5 Å². The van der Waals surface area contributed by atoms with Gasteiger partial charge in [-0.1, -0.05) is 30.4 Å². The molecule has 0 radical (unpaired) electrons. The first-order chi connectivity index (χ1) is 8.15. The zero-order chi connectivity index (χ0) is 12.7. The number of hydrogen-bond donors (Lipinski definition) is 2. The van der Waals surface area contributed by atoms with Gasteiger partial charge < -0.3 is 11.1 Å². The number of para-hydroxylation sites is 1. The van der Waals surface area contributed by atoms with E-state index in [1.165, 1.54) is 6.08 Å². The fraction of sp³-hybridized carbons (Fsp3) is 0.0769. The topological polar surface area (TPSA) is 72.2 Å². The summed E-state index contributed by atoms with van der Waals surface area (Å²) in [6.07, 6.45) is 6.53. The average Bonchev–Trinajstić information content (AvgIpc) is 2.29. The van der Waals surface area contributed by atoms with Gasteiger partial charge in [0.2, 0.25) is 5.91 Å². The Morgan fingerprint density at radius 3 is 2.59 bits per heavy atom. The summed E-state index contributed by atoms with van der Waals surface area (Å²) in [6.45, 7) is 1.85. The quantitative estimate of drug-likeness (QED) is 0.612. The standard InChI is InChI=1S/C13H14N2O2/c1-2-3-4-9-12(16)15-11-8-6-5-7-10(11)13(14)17/h2-9H,1H3,(H2,14,17)(H,15,16)/b3-2+,9-4+. The highest BCUT2D eigenvalue weighted by Gasteiger charge is 2.07. The molecule has 2 amide bonds. The van der Waals surface area contributed by atoms with E-state index in [0.717, 1.165) is 0 Å². The fourth-order valence-electron chi connectivity index (χ4n) is 1.24. The Balaban J connectivity index is 2.81. The fourth-order valence-corrected chi connectivity index (χ4v) is 1.24. The molecule has 0 bridgehead atoms. The minimum atomic E-state index is -0.571. The molecule has 0 aliphatic heterocycles. The van der Waals surface area contributed by atoms with E-state index in [0.29, 0.717) is 11.3 Å². The lowest BCUT2D eigenvalue weighted by atomic mass is 10.1. The van der Waals surface area contributed by atoms with E-state index in [2.05, 4.69) is 5.32 Å². The number of amides is 2. The van der Waals surface area contributed by atoms with Crippen molar-refractivity contribution in [1.29, 1.82) is 0 Å². The molecule has 0 spiro atoms.